The second-order valence-corrected chi connectivity index (χ2v) is 5.32. The van der Waals surface area contributed by atoms with E-state index >= 15 is 0 Å². The van der Waals surface area contributed by atoms with Crippen molar-refractivity contribution in [2.24, 2.45) is 0 Å². The van der Waals surface area contributed by atoms with Crippen molar-refractivity contribution in [3.05, 3.63) is 102 Å². The highest BCUT2D eigenvalue weighted by molar-refractivity contribution is 5.49. The third kappa shape index (κ3) is 2.72. The zero-order chi connectivity index (χ0) is 16.1. The molecule has 0 aliphatic rings. The number of methoxy groups -OCH3 is 1. The van der Waals surface area contributed by atoms with Crippen molar-refractivity contribution in [1.29, 1.82) is 0 Å². The number of rotatable bonds is 5. The average molecular weight is 305 g/mol. The summed E-state index contributed by atoms with van der Waals surface area (Å²) in [5, 5.41) is 10.2. The van der Waals surface area contributed by atoms with Gasteiger partial charge in [-0.25, -0.2) is 0 Å². The lowest BCUT2D eigenvalue weighted by molar-refractivity contribution is 0.103. The molecule has 0 aromatic heterocycles. The van der Waals surface area contributed by atoms with Gasteiger partial charge in [0, 0.05) is 0 Å². The summed E-state index contributed by atoms with van der Waals surface area (Å²) < 4.78 is 5.24. The van der Waals surface area contributed by atoms with Gasteiger partial charge in [-0.1, -0.05) is 72.8 Å². The van der Waals surface area contributed by atoms with E-state index in [-0.39, 0.29) is 0 Å². The Morgan fingerprint density at radius 1 is 0.696 bits per heavy atom. The van der Waals surface area contributed by atoms with Gasteiger partial charge in [0.2, 0.25) is 0 Å². The molecule has 0 spiro atoms. The van der Waals surface area contributed by atoms with Crippen LogP contribution in [0.3, 0.4) is 0 Å². The van der Waals surface area contributed by atoms with Gasteiger partial charge in [0.05, 0.1) is 7.11 Å². The molecular weight excluding hydrogens is 286 g/mol. The quantitative estimate of drug-likeness (QED) is 0.553. The number of ether oxygens (including phenoxy) is 1. The minimum absolute atomic E-state index is 0.779. The summed E-state index contributed by atoms with van der Waals surface area (Å²) in [6, 6.07) is 27.5. The molecule has 0 saturated carbocycles. The maximum Gasteiger partial charge on any atom is 0.118 e. The molecule has 3 rings (SSSR count). The van der Waals surface area contributed by atoms with E-state index in [1.165, 1.54) is 0 Å². The van der Waals surface area contributed by atoms with Gasteiger partial charge in [-0.05, 0) is 28.8 Å². The topological polar surface area (TPSA) is 41.5 Å². The molecule has 116 valence electrons. The summed E-state index contributed by atoms with van der Waals surface area (Å²) in [5.74, 6) is 0.779. The Hall–Kier alpha value is -2.62. The van der Waals surface area contributed by atoms with Crippen molar-refractivity contribution < 1.29 is 9.94 Å². The van der Waals surface area contributed by atoms with Crippen LogP contribution in [0.5, 0.6) is 5.75 Å². The van der Waals surface area contributed by atoms with Gasteiger partial charge >= 0.3 is 0 Å². The van der Waals surface area contributed by atoms with Crippen LogP contribution in [0.4, 0.5) is 0 Å². The Balaban J connectivity index is 2.24. The molecule has 0 amide bonds. The molecule has 0 radical (unpaired) electrons. The van der Waals surface area contributed by atoms with E-state index in [1.54, 1.807) is 7.11 Å². The second-order valence-electron chi connectivity index (χ2n) is 5.32. The highest BCUT2D eigenvalue weighted by atomic mass is 16.5. The third-order valence-electron chi connectivity index (χ3n) is 4.10. The second kappa shape index (κ2) is 6.65. The monoisotopic (exact) mass is 305 g/mol. The predicted molar refractivity (Wildman–Crippen MR) is 90.7 cm³/mol. The molecule has 23 heavy (non-hydrogen) atoms. The Labute approximate surface area is 136 Å². The number of benzene rings is 3. The van der Waals surface area contributed by atoms with Gasteiger partial charge in [0.25, 0.3) is 0 Å². The molecule has 2 N–H and O–H groups in total. The number of nitrogens with one attached hydrogen (secondary N) is 1. The molecule has 3 heteroatoms. The molecule has 0 saturated heterocycles. The van der Waals surface area contributed by atoms with Crippen LogP contribution in [0.15, 0.2) is 84.9 Å². The highest BCUT2D eigenvalue weighted by Crippen LogP contribution is 2.36. The van der Waals surface area contributed by atoms with E-state index in [1.807, 2.05) is 84.9 Å². The molecule has 0 bridgehead atoms. The summed E-state index contributed by atoms with van der Waals surface area (Å²) in [4.78, 5) is 0. The fourth-order valence-corrected chi connectivity index (χ4v) is 2.91. The van der Waals surface area contributed by atoms with Gasteiger partial charge in [-0.2, -0.15) is 5.48 Å². The summed E-state index contributed by atoms with van der Waals surface area (Å²) in [5.41, 5.74) is 4.57. The first-order valence-corrected chi connectivity index (χ1v) is 7.48. The molecule has 3 aromatic rings. The van der Waals surface area contributed by atoms with E-state index in [0.717, 1.165) is 22.4 Å². The van der Waals surface area contributed by atoms with Gasteiger partial charge in [-0.15, -0.1) is 0 Å². The van der Waals surface area contributed by atoms with Crippen LogP contribution in [0.25, 0.3) is 0 Å². The van der Waals surface area contributed by atoms with Crippen LogP contribution in [-0.4, -0.2) is 12.3 Å². The van der Waals surface area contributed by atoms with Gasteiger partial charge < -0.3 is 9.94 Å². The van der Waals surface area contributed by atoms with Crippen molar-refractivity contribution in [2.45, 2.75) is 5.54 Å². The molecule has 0 unspecified atom stereocenters. The maximum atomic E-state index is 10.2. The van der Waals surface area contributed by atoms with E-state index in [4.69, 9.17) is 4.74 Å². The van der Waals surface area contributed by atoms with Crippen LogP contribution in [0.2, 0.25) is 0 Å². The number of hydrogen-bond acceptors (Lipinski definition) is 3. The predicted octanol–water partition coefficient (Wildman–Crippen LogP) is 3.97. The lowest BCUT2D eigenvalue weighted by atomic mass is 9.78. The molecule has 0 atom stereocenters. The molecule has 0 heterocycles. The first-order chi connectivity index (χ1) is 11.3. The Bertz CT molecular complexity index is 700. The van der Waals surface area contributed by atoms with Gasteiger partial charge in [-0.3, -0.25) is 0 Å². The van der Waals surface area contributed by atoms with E-state index < -0.39 is 5.54 Å². The van der Waals surface area contributed by atoms with Crippen molar-refractivity contribution in [3.63, 3.8) is 0 Å². The molecule has 0 fully saturated rings. The van der Waals surface area contributed by atoms with Crippen LogP contribution < -0.4 is 10.2 Å². The molecule has 3 nitrogen and oxygen atoms in total. The average Bonchev–Trinajstić information content (AvgIpc) is 2.65. The number of hydroxylamine groups is 1. The highest BCUT2D eigenvalue weighted by Gasteiger charge is 2.35. The summed E-state index contributed by atoms with van der Waals surface area (Å²) in [6.07, 6.45) is 0. The lowest BCUT2D eigenvalue weighted by Gasteiger charge is -2.34. The Morgan fingerprint density at radius 3 is 1.52 bits per heavy atom. The Kier molecular flexibility index (Phi) is 4.42. The first kappa shape index (κ1) is 15.3. The van der Waals surface area contributed by atoms with Crippen molar-refractivity contribution in [3.8, 4) is 5.75 Å². The standard InChI is InChI=1S/C20H19NO2/c1-23-19-14-12-18(13-15-19)20(21-22,16-8-4-2-5-9-16)17-10-6-3-7-11-17/h2-15,21-22H,1H3. The zero-order valence-electron chi connectivity index (χ0n) is 12.9. The number of hydrogen-bond donors (Lipinski definition) is 2. The largest absolute Gasteiger partial charge is 0.497 e. The first-order valence-electron chi connectivity index (χ1n) is 7.48. The maximum absolute atomic E-state index is 10.2. The zero-order valence-corrected chi connectivity index (χ0v) is 12.9. The smallest absolute Gasteiger partial charge is 0.118 e. The van der Waals surface area contributed by atoms with Crippen molar-refractivity contribution in [1.82, 2.24) is 5.48 Å². The lowest BCUT2D eigenvalue weighted by Crippen LogP contribution is -2.42. The minimum atomic E-state index is -0.839. The SMILES string of the molecule is COc1ccc(C(NO)(c2ccccc2)c2ccccc2)cc1. The summed E-state index contributed by atoms with van der Waals surface area (Å²) in [7, 11) is 1.64. The fraction of sp³-hybridized carbons (Fsp3) is 0.100. The van der Waals surface area contributed by atoms with Crippen molar-refractivity contribution >= 4 is 0 Å². The molecule has 0 aliphatic carbocycles. The van der Waals surface area contributed by atoms with Crippen LogP contribution >= 0.6 is 0 Å². The fourth-order valence-electron chi connectivity index (χ4n) is 2.91. The van der Waals surface area contributed by atoms with Crippen LogP contribution in [-0.2, 0) is 5.54 Å². The van der Waals surface area contributed by atoms with Crippen molar-refractivity contribution in [2.75, 3.05) is 7.11 Å². The van der Waals surface area contributed by atoms with Gasteiger partial charge in [0.15, 0.2) is 0 Å². The summed E-state index contributed by atoms with van der Waals surface area (Å²) >= 11 is 0. The minimum Gasteiger partial charge on any atom is -0.497 e. The normalized spacial score (nSPS) is 11.2. The van der Waals surface area contributed by atoms with Crippen LogP contribution in [0.1, 0.15) is 16.7 Å². The van der Waals surface area contributed by atoms with E-state index in [0.29, 0.717) is 0 Å². The molecule has 0 aliphatic heterocycles. The molecular formula is C20H19NO2. The van der Waals surface area contributed by atoms with E-state index in [9.17, 15) is 5.21 Å². The molecule has 3 aromatic carbocycles. The van der Waals surface area contributed by atoms with E-state index in [2.05, 4.69) is 5.48 Å². The van der Waals surface area contributed by atoms with Crippen LogP contribution in [0, 0.1) is 0 Å². The Morgan fingerprint density at radius 2 is 1.13 bits per heavy atom. The van der Waals surface area contributed by atoms with Gasteiger partial charge in [0.1, 0.15) is 11.3 Å². The third-order valence-corrected chi connectivity index (χ3v) is 4.10. The summed E-state index contributed by atoms with van der Waals surface area (Å²) in [6.45, 7) is 0.